The van der Waals surface area contributed by atoms with E-state index in [-0.39, 0.29) is 12.1 Å². The highest BCUT2D eigenvalue weighted by Gasteiger charge is 2.30. The lowest BCUT2D eigenvalue weighted by atomic mass is 10.2. The Labute approximate surface area is 119 Å². The minimum absolute atomic E-state index is 0.195. The van der Waals surface area contributed by atoms with Crippen LogP contribution in [0, 0.1) is 0 Å². The molecular weight excluding hydrogens is 256 g/mol. The Morgan fingerprint density at radius 3 is 2.95 bits per heavy atom. The van der Waals surface area contributed by atoms with Gasteiger partial charge < -0.3 is 15.0 Å². The second-order valence-corrected chi connectivity index (χ2v) is 6.31. The maximum Gasteiger partial charge on any atom is 0.410 e. The van der Waals surface area contributed by atoms with E-state index >= 15 is 0 Å². The van der Waals surface area contributed by atoms with Crippen LogP contribution in [0.3, 0.4) is 0 Å². The molecule has 2 N–H and O–H groups in total. The topological polar surface area (TPSA) is 70.2 Å². The van der Waals surface area contributed by atoms with Crippen molar-refractivity contribution in [3.63, 3.8) is 0 Å². The van der Waals surface area contributed by atoms with E-state index in [1.54, 1.807) is 11.1 Å². The fraction of sp³-hybridized carbons (Fsp3) is 0.714. The van der Waals surface area contributed by atoms with Gasteiger partial charge >= 0.3 is 6.09 Å². The van der Waals surface area contributed by atoms with Crippen LogP contribution in [-0.2, 0) is 4.74 Å². The van der Waals surface area contributed by atoms with Gasteiger partial charge in [0, 0.05) is 31.4 Å². The van der Waals surface area contributed by atoms with Crippen molar-refractivity contribution in [1.82, 2.24) is 20.4 Å². The van der Waals surface area contributed by atoms with E-state index in [4.69, 9.17) is 4.74 Å². The number of hydrogen-bond acceptors (Lipinski definition) is 4. The molecule has 0 spiro atoms. The number of amides is 1. The van der Waals surface area contributed by atoms with Crippen LogP contribution >= 0.6 is 0 Å². The Hall–Kier alpha value is -1.56. The summed E-state index contributed by atoms with van der Waals surface area (Å²) >= 11 is 0. The van der Waals surface area contributed by atoms with Crippen molar-refractivity contribution in [1.29, 1.82) is 0 Å². The van der Waals surface area contributed by atoms with Crippen LogP contribution in [0.25, 0.3) is 0 Å². The number of rotatable bonds is 3. The summed E-state index contributed by atoms with van der Waals surface area (Å²) in [5.41, 5.74) is 0.618. The molecule has 2 heterocycles. The molecule has 20 heavy (non-hydrogen) atoms. The van der Waals surface area contributed by atoms with E-state index in [2.05, 4.69) is 22.4 Å². The molecule has 1 amide bonds. The summed E-state index contributed by atoms with van der Waals surface area (Å²) in [5, 5.41) is 10.4. The summed E-state index contributed by atoms with van der Waals surface area (Å²) in [7, 11) is 0. The number of aromatic nitrogens is 2. The van der Waals surface area contributed by atoms with Crippen molar-refractivity contribution in [3.05, 3.63) is 18.0 Å². The van der Waals surface area contributed by atoms with E-state index in [0.29, 0.717) is 12.6 Å². The van der Waals surface area contributed by atoms with Gasteiger partial charge in [0.1, 0.15) is 5.60 Å². The van der Waals surface area contributed by atoms with Crippen molar-refractivity contribution in [2.24, 2.45) is 0 Å². The Kier molecular flexibility index (Phi) is 4.32. The molecule has 0 bridgehead atoms. The largest absolute Gasteiger partial charge is 0.444 e. The minimum Gasteiger partial charge on any atom is -0.444 e. The number of carbonyl (C=O) groups excluding carboxylic acids is 1. The van der Waals surface area contributed by atoms with E-state index in [0.717, 1.165) is 18.7 Å². The van der Waals surface area contributed by atoms with E-state index < -0.39 is 5.60 Å². The van der Waals surface area contributed by atoms with Crippen molar-refractivity contribution in [3.8, 4) is 0 Å². The zero-order chi connectivity index (χ0) is 14.8. The van der Waals surface area contributed by atoms with E-state index in [1.807, 2.05) is 26.8 Å². The van der Waals surface area contributed by atoms with Gasteiger partial charge in [0.2, 0.25) is 0 Å². The molecule has 6 nitrogen and oxygen atoms in total. The summed E-state index contributed by atoms with van der Waals surface area (Å²) in [6, 6.07) is 2.44. The predicted octanol–water partition coefficient (Wildman–Crippen LogP) is 2.07. The number of nitrogens with one attached hydrogen (secondary N) is 2. The molecule has 0 aromatic carbocycles. The molecule has 2 unspecified atom stereocenters. The summed E-state index contributed by atoms with van der Waals surface area (Å²) in [5.74, 6) is 0. The van der Waals surface area contributed by atoms with Crippen LogP contribution in [-0.4, -0.2) is 45.9 Å². The van der Waals surface area contributed by atoms with Crippen LogP contribution in [0.1, 0.15) is 45.9 Å². The van der Waals surface area contributed by atoms with Gasteiger partial charge in [0.05, 0.1) is 5.69 Å². The molecule has 112 valence electrons. The lowest BCUT2D eigenvalue weighted by molar-refractivity contribution is 0.0290. The molecule has 0 saturated carbocycles. The number of carbonyl (C=O) groups is 1. The molecule has 2 atom stereocenters. The highest BCUT2D eigenvalue weighted by molar-refractivity contribution is 5.68. The van der Waals surface area contributed by atoms with Gasteiger partial charge in [0.25, 0.3) is 0 Å². The fourth-order valence-corrected chi connectivity index (χ4v) is 2.34. The number of aromatic amines is 1. The van der Waals surface area contributed by atoms with Crippen molar-refractivity contribution in [2.45, 2.75) is 51.8 Å². The predicted molar refractivity (Wildman–Crippen MR) is 76.4 cm³/mol. The second kappa shape index (κ2) is 5.83. The number of likely N-dealkylation sites (tertiary alicyclic amines) is 1. The van der Waals surface area contributed by atoms with Crippen LogP contribution < -0.4 is 5.32 Å². The fourth-order valence-electron chi connectivity index (χ4n) is 2.34. The lowest BCUT2D eigenvalue weighted by Gasteiger charge is -2.25. The van der Waals surface area contributed by atoms with Crippen molar-refractivity contribution >= 4 is 6.09 Å². The Balaban J connectivity index is 1.82. The quantitative estimate of drug-likeness (QED) is 0.889. The second-order valence-electron chi connectivity index (χ2n) is 6.31. The highest BCUT2D eigenvalue weighted by Crippen LogP contribution is 2.18. The Morgan fingerprint density at radius 1 is 1.60 bits per heavy atom. The average Bonchev–Trinajstić information content (AvgIpc) is 2.97. The molecule has 0 aliphatic carbocycles. The zero-order valence-corrected chi connectivity index (χ0v) is 12.6. The average molecular weight is 280 g/mol. The smallest absolute Gasteiger partial charge is 0.410 e. The standard InChI is InChI=1S/C14H24N4O2/c1-10(12-5-7-15-17-12)16-11-6-8-18(9-11)13(19)20-14(2,3)4/h5,7,10-11,16H,6,8-9H2,1-4H3,(H,15,17). The molecule has 1 aromatic heterocycles. The van der Waals surface area contributed by atoms with E-state index in [9.17, 15) is 4.79 Å². The Morgan fingerprint density at radius 2 is 2.35 bits per heavy atom. The maximum atomic E-state index is 12.0. The molecule has 2 rings (SSSR count). The Bertz CT molecular complexity index is 439. The molecule has 1 aliphatic heterocycles. The molecule has 1 saturated heterocycles. The van der Waals surface area contributed by atoms with Crippen LogP contribution in [0.15, 0.2) is 12.3 Å². The molecule has 1 fully saturated rings. The van der Waals surface area contributed by atoms with Gasteiger partial charge in [-0.25, -0.2) is 4.79 Å². The SMILES string of the molecule is CC(NC1CCN(C(=O)OC(C)(C)C)C1)c1ccn[nH]1. The van der Waals surface area contributed by atoms with Gasteiger partial charge in [-0.05, 0) is 40.2 Å². The first-order valence-corrected chi connectivity index (χ1v) is 7.08. The van der Waals surface area contributed by atoms with Crippen LogP contribution in [0.4, 0.5) is 4.79 Å². The monoisotopic (exact) mass is 280 g/mol. The third-order valence-electron chi connectivity index (χ3n) is 3.31. The molecule has 1 aromatic rings. The van der Waals surface area contributed by atoms with Gasteiger partial charge in [-0.2, -0.15) is 5.10 Å². The number of hydrogen-bond donors (Lipinski definition) is 2. The normalized spacial score (nSPS) is 21.0. The number of H-pyrrole nitrogens is 1. The van der Waals surface area contributed by atoms with Gasteiger partial charge in [-0.1, -0.05) is 0 Å². The van der Waals surface area contributed by atoms with Crippen LogP contribution in [0.5, 0.6) is 0 Å². The first-order chi connectivity index (χ1) is 9.35. The third kappa shape index (κ3) is 3.96. The first kappa shape index (κ1) is 14.8. The minimum atomic E-state index is -0.439. The first-order valence-electron chi connectivity index (χ1n) is 7.08. The summed E-state index contributed by atoms with van der Waals surface area (Å²) in [6.07, 6.45) is 2.46. The highest BCUT2D eigenvalue weighted by atomic mass is 16.6. The van der Waals surface area contributed by atoms with Gasteiger partial charge in [-0.15, -0.1) is 0 Å². The summed E-state index contributed by atoms with van der Waals surface area (Å²) in [6.45, 7) is 9.17. The number of ether oxygens (including phenoxy) is 1. The van der Waals surface area contributed by atoms with Crippen molar-refractivity contribution in [2.75, 3.05) is 13.1 Å². The molecule has 6 heteroatoms. The number of nitrogens with zero attached hydrogens (tertiary/aromatic N) is 2. The molecule has 1 aliphatic rings. The third-order valence-corrected chi connectivity index (χ3v) is 3.31. The van der Waals surface area contributed by atoms with Gasteiger partial charge in [-0.3, -0.25) is 5.10 Å². The molecular formula is C14H24N4O2. The van der Waals surface area contributed by atoms with Gasteiger partial charge in [0.15, 0.2) is 0 Å². The van der Waals surface area contributed by atoms with Crippen molar-refractivity contribution < 1.29 is 9.53 Å². The zero-order valence-electron chi connectivity index (χ0n) is 12.6. The maximum absolute atomic E-state index is 12.0. The summed E-state index contributed by atoms with van der Waals surface area (Å²) < 4.78 is 5.39. The summed E-state index contributed by atoms with van der Waals surface area (Å²) in [4.78, 5) is 13.7. The van der Waals surface area contributed by atoms with Crippen LogP contribution in [0.2, 0.25) is 0 Å². The lowest BCUT2D eigenvalue weighted by Crippen LogP contribution is -2.39. The molecule has 0 radical (unpaired) electrons. The van der Waals surface area contributed by atoms with E-state index in [1.165, 1.54) is 0 Å².